The second-order valence-electron chi connectivity index (χ2n) is 7.28. The summed E-state index contributed by atoms with van der Waals surface area (Å²) in [7, 11) is 6.76. The molecule has 27 heavy (non-hydrogen) atoms. The molecule has 0 unspecified atom stereocenters. The largest absolute Gasteiger partial charge is 4.00 e. The number of hydrogen-bond donors (Lipinski definition) is 1. The minimum atomic E-state index is 0. The number of halogens is 3. The van der Waals surface area contributed by atoms with Crippen LogP contribution in [0.1, 0.15) is 51.4 Å². The van der Waals surface area contributed by atoms with Gasteiger partial charge in [0.2, 0.25) is 0 Å². The molecule has 0 aromatic carbocycles. The maximum atomic E-state index is 3.59. The van der Waals surface area contributed by atoms with Gasteiger partial charge >= 0.3 is 21.7 Å². The van der Waals surface area contributed by atoms with Crippen molar-refractivity contribution >= 4 is 0 Å². The molecule has 0 aliphatic carbocycles. The molecule has 0 bridgehead atoms. The van der Waals surface area contributed by atoms with Crippen molar-refractivity contribution in [3.05, 3.63) is 6.54 Å². The Kier molecular flexibility index (Phi) is 33.8. The molecule has 0 atom stereocenters. The van der Waals surface area contributed by atoms with E-state index < -0.39 is 0 Å². The van der Waals surface area contributed by atoms with Gasteiger partial charge in [0.05, 0.1) is 0 Å². The molecular formula is C19H41Cl3N4Ti. The van der Waals surface area contributed by atoms with E-state index in [-0.39, 0.29) is 58.9 Å². The SMILES string of the molecule is CN1[CH-]CCCN(C)CCCCNCCCCN(C)CCCC1.[Cl-].[Cl-].[Cl-].[Ti+4]. The number of nitrogens with zero attached hydrogens (tertiary/aromatic N) is 3. The number of rotatable bonds is 0. The van der Waals surface area contributed by atoms with Crippen LogP contribution in [0.15, 0.2) is 0 Å². The molecule has 1 saturated heterocycles. The van der Waals surface area contributed by atoms with Crippen LogP contribution >= 0.6 is 0 Å². The molecule has 162 valence electrons. The van der Waals surface area contributed by atoms with E-state index in [9.17, 15) is 0 Å². The molecule has 0 aromatic rings. The van der Waals surface area contributed by atoms with Gasteiger partial charge in [-0.05, 0) is 105 Å². The summed E-state index contributed by atoms with van der Waals surface area (Å²) in [4.78, 5) is 7.38. The molecule has 1 rings (SSSR count). The average Bonchev–Trinajstić information content (AvgIpc) is 2.53. The number of hydrogen-bond acceptors (Lipinski definition) is 4. The first-order valence-electron chi connectivity index (χ1n) is 9.80. The first kappa shape index (κ1) is 35.8. The maximum Gasteiger partial charge on any atom is 4.00 e. The van der Waals surface area contributed by atoms with Gasteiger partial charge in [-0.3, -0.25) is 6.54 Å². The molecule has 1 fully saturated rings. The van der Waals surface area contributed by atoms with E-state index in [1.807, 2.05) is 0 Å². The van der Waals surface area contributed by atoms with Gasteiger partial charge in [-0.25, -0.2) is 0 Å². The Bertz CT molecular complexity index is 255. The van der Waals surface area contributed by atoms with E-state index in [0.717, 1.165) is 0 Å². The molecule has 1 aliphatic heterocycles. The molecule has 0 spiro atoms. The van der Waals surface area contributed by atoms with Crippen LogP contribution in [0.2, 0.25) is 0 Å². The summed E-state index contributed by atoms with van der Waals surface area (Å²) < 4.78 is 0. The Morgan fingerprint density at radius 3 is 1.52 bits per heavy atom. The summed E-state index contributed by atoms with van der Waals surface area (Å²) in [5, 5.41) is 3.59. The Labute approximate surface area is 203 Å². The molecule has 1 N–H and O–H groups in total. The third-order valence-electron chi connectivity index (χ3n) is 4.77. The third kappa shape index (κ3) is 23.6. The van der Waals surface area contributed by atoms with E-state index in [1.54, 1.807) is 0 Å². The molecule has 1 heterocycles. The van der Waals surface area contributed by atoms with Crippen LogP contribution < -0.4 is 42.5 Å². The predicted octanol–water partition coefficient (Wildman–Crippen LogP) is -6.32. The van der Waals surface area contributed by atoms with E-state index in [4.69, 9.17) is 0 Å². The Balaban J connectivity index is -0.000000661. The summed E-state index contributed by atoms with van der Waals surface area (Å²) in [6, 6.07) is 0. The fourth-order valence-corrected chi connectivity index (χ4v) is 3.12. The minimum absolute atomic E-state index is 0. The number of nitrogens with one attached hydrogen (secondary N) is 1. The summed E-state index contributed by atoms with van der Waals surface area (Å²) in [5.41, 5.74) is 0. The Hall–Kier alpha value is 1.42. The Morgan fingerprint density at radius 1 is 0.593 bits per heavy atom. The van der Waals surface area contributed by atoms with Gasteiger partial charge < -0.3 is 57.2 Å². The van der Waals surface area contributed by atoms with Gasteiger partial charge in [0, 0.05) is 0 Å². The van der Waals surface area contributed by atoms with Gasteiger partial charge in [-0.1, -0.05) is 6.42 Å². The van der Waals surface area contributed by atoms with Crippen LogP contribution in [0, 0.1) is 6.54 Å². The molecule has 8 heteroatoms. The minimum Gasteiger partial charge on any atom is -1.00 e. The van der Waals surface area contributed by atoms with E-state index in [2.05, 4.69) is 47.7 Å². The van der Waals surface area contributed by atoms with Crippen LogP contribution in [-0.4, -0.2) is 81.7 Å². The molecule has 4 nitrogen and oxygen atoms in total. The standard InChI is InChI=1S/C19H41N4.3ClH.Ti/c1-21-14-6-4-12-20-13-5-7-15-22(2)17-9-11-19-23(3)18-10-8-16-21;;;;/h18,20H,4-17,19H2,1-3H3;3*1H;/q-1;;;;+4/p-3. The second-order valence-corrected chi connectivity index (χ2v) is 7.28. The maximum absolute atomic E-state index is 3.59. The van der Waals surface area contributed by atoms with Gasteiger partial charge in [0.1, 0.15) is 0 Å². The molecule has 0 radical (unpaired) electrons. The normalized spacial score (nSPS) is 21.4. The quantitative estimate of drug-likeness (QED) is 0.276. The third-order valence-corrected chi connectivity index (χ3v) is 4.77. The van der Waals surface area contributed by atoms with Gasteiger partial charge in [-0.15, -0.1) is 0 Å². The fourth-order valence-electron chi connectivity index (χ4n) is 3.12. The van der Waals surface area contributed by atoms with Crippen LogP contribution in [0.25, 0.3) is 0 Å². The smallest absolute Gasteiger partial charge is 1.00 e. The van der Waals surface area contributed by atoms with Crippen molar-refractivity contribution in [2.45, 2.75) is 51.4 Å². The molecule has 0 aromatic heterocycles. The van der Waals surface area contributed by atoms with Gasteiger partial charge in [0.15, 0.2) is 0 Å². The average molecular weight is 480 g/mol. The van der Waals surface area contributed by atoms with Crippen molar-refractivity contribution in [3.63, 3.8) is 0 Å². The van der Waals surface area contributed by atoms with Gasteiger partial charge in [-0.2, -0.15) is 6.42 Å². The van der Waals surface area contributed by atoms with Crippen molar-refractivity contribution in [3.8, 4) is 0 Å². The van der Waals surface area contributed by atoms with Crippen LogP contribution in [-0.2, 0) is 21.7 Å². The zero-order chi connectivity index (χ0) is 16.8. The molecular weight excluding hydrogens is 438 g/mol. The van der Waals surface area contributed by atoms with Gasteiger partial charge in [0.25, 0.3) is 0 Å². The second kappa shape index (κ2) is 25.5. The van der Waals surface area contributed by atoms with Crippen LogP contribution in [0.4, 0.5) is 0 Å². The van der Waals surface area contributed by atoms with Crippen molar-refractivity contribution in [1.82, 2.24) is 20.0 Å². The fraction of sp³-hybridized carbons (Fsp3) is 0.947. The molecule has 1 aliphatic rings. The van der Waals surface area contributed by atoms with Crippen molar-refractivity contribution in [1.29, 1.82) is 0 Å². The first-order chi connectivity index (χ1) is 11.2. The molecule has 0 saturated carbocycles. The first-order valence-corrected chi connectivity index (χ1v) is 9.80. The van der Waals surface area contributed by atoms with Crippen molar-refractivity contribution in [2.75, 3.05) is 67.0 Å². The Morgan fingerprint density at radius 2 is 1.00 bits per heavy atom. The monoisotopic (exact) mass is 478 g/mol. The predicted molar refractivity (Wildman–Crippen MR) is 102 cm³/mol. The molecule has 0 amide bonds. The van der Waals surface area contributed by atoms with E-state index in [1.165, 1.54) is 97.2 Å². The summed E-state index contributed by atoms with van der Waals surface area (Å²) in [6.07, 6.45) is 10.4. The van der Waals surface area contributed by atoms with E-state index >= 15 is 0 Å². The van der Waals surface area contributed by atoms with Crippen LogP contribution in [0.3, 0.4) is 0 Å². The summed E-state index contributed by atoms with van der Waals surface area (Å²) >= 11 is 0. The van der Waals surface area contributed by atoms with Crippen LogP contribution in [0.5, 0.6) is 0 Å². The van der Waals surface area contributed by atoms with Crippen molar-refractivity contribution < 1.29 is 58.9 Å². The zero-order valence-electron chi connectivity index (χ0n) is 17.7. The van der Waals surface area contributed by atoms with Crippen molar-refractivity contribution in [2.24, 2.45) is 0 Å². The summed E-state index contributed by atoms with van der Waals surface area (Å²) in [5.74, 6) is 0. The van der Waals surface area contributed by atoms with E-state index in [0.29, 0.717) is 0 Å². The topological polar surface area (TPSA) is 21.8 Å². The zero-order valence-corrected chi connectivity index (χ0v) is 21.5. The summed E-state index contributed by atoms with van der Waals surface area (Å²) in [6.45, 7) is 10.9.